The molecule has 25 heavy (non-hydrogen) atoms. The third-order valence-electron chi connectivity index (χ3n) is 4.11. The molecule has 0 heterocycles. The third kappa shape index (κ3) is 7.52. The van der Waals surface area contributed by atoms with Crippen LogP contribution in [-0.2, 0) is 6.54 Å². The molecule has 0 aliphatic heterocycles. The fourth-order valence-electron chi connectivity index (χ4n) is 2.79. The quantitative estimate of drug-likeness (QED) is 0.258. The molecule has 1 aromatic rings. The molecule has 1 aliphatic rings. The Bertz CT molecular complexity index is 537. The minimum absolute atomic E-state index is 0. The molecule has 1 aromatic carbocycles. The van der Waals surface area contributed by atoms with Gasteiger partial charge in [-0.1, -0.05) is 6.07 Å². The fraction of sp³-hybridized carbons (Fsp3) is 0.611. The minimum atomic E-state index is 0. The lowest BCUT2D eigenvalue weighted by molar-refractivity contribution is 0.200. The Labute approximate surface area is 172 Å². The summed E-state index contributed by atoms with van der Waals surface area (Å²) in [5.74, 6) is 3.52. The van der Waals surface area contributed by atoms with Crippen molar-refractivity contribution in [1.29, 1.82) is 0 Å². The van der Waals surface area contributed by atoms with E-state index in [1.165, 1.54) is 12.8 Å². The number of benzene rings is 1. The number of methoxy groups -OCH3 is 1. The smallest absolute Gasteiger partial charge is 0.191 e. The lowest BCUT2D eigenvalue weighted by Crippen LogP contribution is -2.37. The molecule has 0 unspecified atom stereocenters. The number of hydrogen-bond acceptors (Lipinski definition) is 4. The van der Waals surface area contributed by atoms with Gasteiger partial charge in [-0.15, -0.1) is 24.0 Å². The van der Waals surface area contributed by atoms with Gasteiger partial charge in [0.05, 0.1) is 13.2 Å². The molecule has 0 atom stereocenters. The second kappa shape index (κ2) is 12.5. The third-order valence-corrected chi connectivity index (χ3v) is 4.72. The lowest BCUT2D eigenvalue weighted by atomic mass is 10.2. The van der Waals surface area contributed by atoms with E-state index in [-0.39, 0.29) is 24.0 Å². The van der Waals surface area contributed by atoms with Gasteiger partial charge in [-0.05, 0) is 49.6 Å². The van der Waals surface area contributed by atoms with Crippen LogP contribution in [0.1, 0.15) is 31.2 Å². The summed E-state index contributed by atoms with van der Waals surface area (Å²) in [6, 6.07) is 6.10. The van der Waals surface area contributed by atoms with Crippen LogP contribution in [0.15, 0.2) is 23.2 Å². The summed E-state index contributed by atoms with van der Waals surface area (Å²) in [5.41, 5.74) is 1.15. The number of hydrogen-bond donors (Lipinski definition) is 2. The highest BCUT2D eigenvalue weighted by molar-refractivity contribution is 14.0. The standard InChI is InChI=1S/C18H29N3O2S.HI/c1-19-18(20-10-11-24-3)21-13-14-8-9-16(22-2)17(12-14)23-15-6-4-5-7-15;/h8-9,12,15H,4-7,10-11,13H2,1-3H3,(H2,19,20,21);1H. The Kier molecular flexibility index (Phi) is 11.1. The lowest BCUT2D eigenvalue weighted by Gasteiger charge is -2.17. The maximum absolute atomic E-state index is 6.15. The zero-order chi connectivity index (χ0) is 17.2. The Morgan fingerprint density at radius 2 is 2.00 bits per heavy atom. The monoisotopic (exact) mass is 479 g/mol. The van der Waals surface area contributed by atoms with E-state index >= 15 is 0 Å². The fourth-order valence-corrected chi connectivity index (χ4v) is 3.09. The first-order valence-corrected chi connectivity index (χ1v) is 9.93. The Morgan fingerprint density at radius 1 is 1.24 bits per heavy atom. The van der Waals surface area contributed by atoms with Gasteiger partial charge in [-0.3, -0.25) is 4.99 Å². The first kappa shape index (κ1) is 22.2. The average Bonchev–Trinajstić information content (AvgIpc) is 3.11. The number of thioether (sulfide) groups is 1. The molecule has 1 saturated carbocycles. The van der Waals surface area contributed by atoms with Crippen LogP contribution in [0.5, 0.6) is 11.5 Å². The molecule has 0 radical (unpaired) electrons. The highest BCUT2D eigenvalue weighted by Crippen LogP contribution is 2.32. The Hall–Kier alpha value is -0.830. The van der Waals surface area contributed by atoms with Crippen molar-refractivity contribution in [2.45, 2.75) is 38.3 Å². The maximum atomic E-state index is 6.15. The Balaban J connectivity index is 0.00000312. The molecule has 0 saturated heterocycles. The molecule has 1 aliphatic carbocycles. The number of halogens is 1. The topological polar surface area (TPSA) is 54.9 Å². The van der Waals surface area contributed by atoms with Crippen molar-refractivity contribution in [3.05, 3.63) is 23.8 Å². The van der Waals surface area contributed by atoms with Gasteiger partial charge in [0, 0.05) is 25.9 Å². The molecule has 2 N–H and O–H groups in total. The summed E-state index contributed by atoms with van der Waals surface area (Å²) in [6.45, 7) is 1.60. The van der Waals surface area contributed by atoms with Crippen LogP contribution in [0.4, 0.5) is 0 Å². The molecule has 2 rings (SSSR count). The summed E-state index contributed by atoms with van der Waals surface area (Å²) in [7, 11) is 3.48. The normalized spacial score (nSPS) is 14.8. The molecule has 0 aromatic heterocycles. The molecule has 0 bridgehead atoms. The molecule has 142 valence electrons. The predicted octanol–water partition coefficient (Wildman–Crippen LogP) is 3.66. The number of nitrogens with zero attached hydrogens (tertiary/aromatic N) is 1. The van der Waals surface area contributed by atoms with Gasteiger partial charge in [0.25, 0.3) is 0 Å². The van der Waals surface area contributed by atoms with Crippen LogP contribution in [0, 0.1) is 0 Å². The SMILES string of the molecule is CN=C(NCCSC)NCc1ccc(OC)c(OC2CCCC2)c1.I. The number of nitrogens with one attached hydrogen (secondary N) is 2. The second-order valence-electron chi connectivity index (χ2n) is 5.85. The van der Waals surface area contributed by atoms with Gasteiger partial charge < -0.3 is 20.1 Å². The van der Waals surface area contributed by atoms with E-state index in [2.05, 4.69) is 34.0 Å². The summed E-state index contributed by atoms with van der Waals surface area (Å²) in [6.07, 6.45) is 7.21. The molecular formula is C18H30IN3O2S. The van der Waals surface area contributed by atoms with Crippen LogP contribution in [0.25, 0.3) is 0 Å². The van der Waals surface area contributed by atoms with Crippen molar-refractivity contribution >= 4 is 41.7 Å². The van der Waals surface area contributed by atoms with E-state index in [0.717, 1.165) is 48.2 Å². The van der Waals surface area contributed by atoms with Gasteiger partial charge >= 0.3 is 0 Å². The average molecular weight is 479 g/mol. The van der Waals surface area contributed by atoms with Crippen LogP contribution >= 0.6 is 35.7 Å². The molecule has 1 fully saturated rings. The summed E-state index contributed by atoms with van der Waals surface area (Å²) < 4.78 is 11.6. The zero-order valence-corrected chi connectivity index (χ0v) is 18.5. The van der Waals surface area contributed by atoms with E-state index in [4.69, 9.17) is 9.47 Å². The van der Waals surface area contributed by atoms with E-state index < -0.39 is 0 Å². The molecule has 5 nitrogen and oxygen atoms in total. The molecule has 0 amide bonds. The van der Waals surface area contributed by atoms with Crippen molar-refractivity contribution < 1.29 is 9.47 Å². The van der Waals surface area contributed by atoms with Crippen molar-refractivity contribution in [2.75, 3.05) is 32.7 Å². The van der Waals surface area contributed by atoms with E-state index in [1.807, 2.05) is 17.8 Å². The van der Waals surface area contributed by atoms with Gasteiger partial charge in [0.1, 0.15) is 0 Å². The summed E-state index contributed by atoms with van der Waals surface area (Å²) >= 11 is 1.81. The van der Waals surface area contributed by atoms with Gasteiger partial charge in [0.15, 0.2) is 17.5 Å². The van der Waals surface area contributed by atoms with Crippen LogP contribution in [0.3, 0.4) is 0 Å². The molecule has 7 heteroatoms. The minimum Gasteiger partial charge on any atom is -0.493 e. The number of ether oxygens (including phenoxy) is 2. The molecular weight excluding hydrogens is 449 g/mol. The van der Waals surface area contributed by atoms with Crippen LogP contribution < -0.4 is 20.1 Å². The number of aliphatic imine (C=N–C) groups is 1. The maximum Gasteiger partial charge on any atom is 0.191 e. The van der Waals surface area contributed by atoms with Crippen molar-refractivity contribution in [3.8, 4) is 11.5 Å². The van der Waals surface area contributed by atoms with Crippen molar-refractivity contribution in [3.63, 3.8) is 0 Å². The van der Waals surface area contributed by atoms with Gasteiger partial charge in [-0.25, -0.2) is 0 Å². The summed E-state index contributed by atoms with van der Waals surface area (Å²) in [4.78, 5) is 4.24. The first-order chi connectivity index (χ1) is 11.8. The highest BCUT2D eigenvalue weighted by Gasteiger charge is 2.18. The largest absolute Gasteiger partial charge is 0.493 e. The van der Waals surface area contributed by atoms with Crippen LogP contribution in [-0.4, -0.2) is 44.8 Å². The second-order valence-corrected chi connectivity index (χ2v) is 6.84. The van der Waals surface area contributed by atoms with Crippen LogP contribution in [0.2, 0.25) is 0 Å². The zero-order valence-electron chi connectivity index (χ0n) is 15.3. The Morgan fingerprint density at radius 3 is 2.64 bits per heavy atom. The van der Waals surface area contributed by atoms with Gasteiger partial charge in [0.2, 0.25) is 0 Å². The van der Waals surface area contributed by atoms with Gasteiger partial charge in [-0.2, -0.15) is 11.8 Å². The first-order valence-electron chi connectivity index (χ1n) is 8.54. The van der Waals surface area contributed by atoms with E-state index in [0.29, 0.717) is 12.6 Å². The molecule has 0 spiro atoms. The number of rotatable bonds is 8. The summed E-state index contributed by atoms with van der Waals surface area (Å²) in [5, 5.41) is 6.63. The van der Waals surface area contributed by atoms with E-state index in [9.17, 15) is 0 Å². The van der Waals surface area contributed by atoms with Crippen molar-refractivity contribution in [1.82, 2.24) is 10.6 Å². The number of guanidine groups is 1. The predicted molar refractivity (Wildman–Crippen MR) is 118 cm³/mol. The van der Waals surface area contributed by atoms with Crippen molar-refractivity contribution in [2.24, 2.45) is 4.99 Å². The van der Waals surface area contributed by atoms with E-state index in [1.54, 1.807) is 14.2 Å². The highest BCUT2D eigenvalue weighted by atomic mass is 127.